The lowest BCUT2D eigenvalue weighted by Crippen LogP contribution is -2.25. The lowest BCUT2D eigenvalue weighted by atomic mass is 10.1. The van der Waals surface area contributed by atoms with Crippen LogP contribution in [0, 0.1) is 0 Å². The number of carbonyl (C=O) groups excluding carboxylic acids is 1. The van der Waals surface area contributed by atoms with Gasteiger partial charge in [0.05, 0.1) is 29.4 Å². The minimum absolute atomic E-state index is 0.0795. The van der Waals surface area contributed by atoms with Crippen molar-refractivity contribution in [3.63, 3.8) is 0 Å². The molecule has 0 saturated carbocycles. The van der Waals surface area contributed by atoms with Gasteiger partial charge in [-0.15, -0.1) is 0 Å². The number of nitrogens with zero attached hydrogens (tertiary/aromatic N) is 7. The van der Waals surface area contributed by atoms with Gasteiger partial charge in [-0.05, 0) is 132 Å². The molecule has 1 amide bonds. The fraction of sp³-hybridized carbons (Fsp3) is 0.208. The van der Waals surface area contributed by atoms with Crippen molar-refractivity contribution in [1.29, 1.82) is 0 Å². The highest BCUT2D eigenvalue weighted by atomic mass is 33.1. The molecule has 10 nitrogen and oxygen atoms in total. The number of benzene rings is 2. The van der Waals surface area contributed by atoms with Crippen LogP contribution in [0.5, 0.6) is 5.75 Å². The van der Waals surface area contributed by atoms with E-state index in [4.69, 9.17) is 4.74 Å². The molecule has 0 fully saturated rings. The van der Waals surface area contributed by atoms with Crippen LogP contribution in [0.2, 0.25) is 0 Å². The summed E-state index contributed by atoms with van der Waals surface area (Å²) >= 11 is 0. The van der Waals surface area contributed by atoms with E-state index in [1.165, 1.54) is 0 Å². The van der Waals surface area contributed by atoms with Gasteiger partial charge in [0.25, 0.3) is 5.91 Å². The molecule has 2 aromatic carbocycles. The van der Waals surface area contributed by atoms with Gasteiger partial charge in [-0.1, -0.05) is 47.2 Å². The summed E-state index contributed by atoms with van der Waals surface area (Å²) in [7, 11) is 3.21. The number of aromatic nitrogens is 5. The zero-order valence-electron chi connectivity index (χ0n) is 33.4. The smallest absolute Gasteiger partial charge is 0.251 e. The van der Waals surface area contributed by atoms with Crippen LogP contribution in [0.25, 0.3) is 0 Å². The van der Waals surface area contributed by atoms with Gasteiger partial charge in [0.1, 0.15) is 10.8 Å². The molecule has 7 aromatic rings. The van der Waals surface area contributed by atoms with Crippen molar-refractivity contribution in [2.75, 3.05) is 13.2 Å². The second kappa shape index (κ2) is 23.0. The lowest BCUT2D eigenvalue weighted by Gasteiger charge is -2.25. The molecule has 12 heteroatoms. The summed E-state index contributed by atoms with van der Waals surface area (Å²) in [6.07, 6.45) is 10.7. The molecule has 5 heterocycles. The fourth-order valence-electron chi connectivity index (χ4n) is 6.60. The molecule has 1 N–H and O–H groups in total. The van der Waals surface area contributed by atoms with Crippen LogP contribution in [-0.2, 0) is 39.3 Å². The van der Waals surface area contributed by atoms with E-state index in [9.17, 15) is 4.79 Å². The van der Waals surface area contributed by atoms with E-state index < -0.39 is 0 Å². The molecule has 5 aromatic heterocycles. The first-order valence-electron chi connectivity index (χ1n) is 20.0. The Morgan fingerprint density at radius 2 is 1.00 bits per heavy atom. The Hall–Kier alpha value is -5.92. The first kappa shape index (κ1) is 42.2. The van der Waals surface area contributed by atoms with Crippen molar-refractivity contribution in [3.05, 3.63) is 204 Å². The molecule has 0 aliphatic heterocycles. The lowest BCUT2D eigenvalue weighted by molar-refractivity contribution is 0.0952. The molecule has 7 rings (SSSR count). The molecular weight excluding hydrogens is 785 g/mol. The second-order valence-corrected chi connectivity index (χ2v) is 16.5. The van der Waals surface area contributed by atoms with E-state index in [1.807, 2.05) is 116 Å². The van der Waals surface area contributed by atoms with Gasteiger partial charge in [0.15, 0.2) is 0 Å². The first-order valence-corrected chi connectivity index (χ1v) is 22.2. The summed E-state index contributed by atoms with van der Waals surface area (Å²) in [5.41, 5.74) is 6.90. The Morgan fingerprint density at radius 1 is 0.517 bits per heavy atom. The van der Waals surface area contributed by atoms with E-state index in [1.54, 1.807) is 27.8 Å². The summed E-state index contributed by atoms with van der Waals surface area (Å²) in [5, 5.41) is 4.01. The van der Waals surface area contributed by atoms with Gasteiger partial charge in [0.2, 0.25) is 0 Å². The van der Waals surface area contributed by atoms with Crippen LogP contribution in [0.15, 0.2) is 174 Å². The van der Waals surface area contributed by atoms with Crippen LogP contribution in [0.4, 0.5) is 0 Å². The molecule has 0 unspecified atom stereocenters. The van der Waals surface area contributed by atoms with Crippen LogP contribution < -0.4 is 10.1 Å². The summed E-state index contributed by atoms with van der Waals surface area (Å²) in [4.78, 5) is 41.6. The average molecular weight is 833 g/mol. The van der Waals surface area contributed by atoms with Crippen molar-refractivity contribution >= 4 is 27.5 Å². The maximum absolute atomic E-state index is 12.9. The molecule has 0 bridgehead atoms. The van der Waals surface area contributed by atoms with Crippen LogP contribution >= 0.6 is 21.6 Å². The van der Waals surface area contributed by atoms with E-state index in [2.05, 4.69) is 82.5 Å². The largest absolute Gasteiger partial charge is 0.494 e. The number of pyridine rings is 5. The summed E-state index contributed by atoms with van der Waals surface area (Å²) in [5.74, 6) is 0.737. The summed E-state index contributed by atoms with van der Waals surface area (Å²) in [6, 6.07) is 44.2. The maximum atomic E-state index is 12.9. The van der Waals surface area contributed by atoms with E-state index in [-0.39, 0.29) is 5.91 Å². The van der Waals surface area contributed by atoms with Crippen molar-refractivity contribution in [1.82, 2.24) is 40.0 Å². The number of amides is 1. The zero-order chi connectivity index (χ0) is 41.0. The molecule has 0 spiro atoms. The highest BCUT2D eigenvalue weighted by molar-refractivity contribution is 8.76. The van der Waals surface area contributed by atoms with Crippen LogP contribution in [-0.4, -0.2) is 53.8 Å². The predicted octanol–water partition coefficient (Wildman–Crippen LogP) is 9.45. The van der Waals surface area contributed by atoms with Gasteiger partial charge < -0.3 is 10.1 Å². The van der Waals surface area contributed by atoms with Gasteiger partial charge in [-0.3, -0.25) is 34.5 Å². The molecule has 304 valence electrons. The maximum Gasteiger partial charge on any atom is 0.251 e. The Balaban J connectivity index is 1.00. The minimum Gasteiger partial charge on any atom is -0.494 e. The molecule has 0 atom stereocenters. The number of hydrogen-bond acceptors (Lipinski definition) is 11. The predicted molar refractivity (Wildman–Crippen MR) is 239 cm³/mol. The molecule has 0 aliphatic carbocycles. The quantitative estimate of drug-likeness (QED) is 0.0521. The summed E-state index contributed by atoms with van der Waals surface area (Å²) in [6.45, 7) is 5.11. The number of nitrogens with one attached hydrogen (secondary N) is 1. The molecular formula is C48H48N8O2S2. The van der Waals surface area contributed by atoms with Gasteiger partial charge >= 0.3 is 0 Å². The minimum atomic E-state index is -0.0795. The zero-order valence-corrected chi connectivity index (χ0v) is 35.1. The SMILES string of the molecule is O=C(NCCCCOc1cc(CN(Cc2ccccn2)Cc2ccccn2)cc(CN(Cc2ccccn2)Cc2ccccn2)c1)c1ccc(SSc2ccccn2)cc1. The number of carbonyl (C=O) groups is 1. The molecule has 0 saturated heterocycles. The Morgan fingerprint density at radius 3 is 1.45 bits per heavy atom. The third-order valence-electron chi connectivity index (χ3n) is 9.39. The topological polar surface area (TPSA) is 109 Å². The van der Waals surface area contributed by atoms with E-state index in [0.717, 1.165) is 62.4 Å². The van der Waals surface area contributed by atoms with E-state index in [0.29, 0.717) is 58.0 Å². The van der Waals surface area contributed by atoms with Crippen LogP contribution in [0.1, 0.15) is 57.1 Å². The van der Waals surface area contributed by atoms with Gasteiger partial charge in [0, 0.05) is 87.3 Å². The normalized spacial score (nSPS) is 11.2. The fourth-order valence-corrected chi connectivity index (χ4v) is 8.44. The monoisotopic (exact) mass is 832 g/mol. The van der Waals surface area contributed by atoms with Crippen molar-refractivity contribution in [3.8, 4) is 5.75 Å². The number of hydrogen-bond donors (Lipinski definition) is 1. The third kappa shape index (κ3) is 14.1. The molecule has 0 aliphatic rings. The third-order valence-corrected chi connectivity index (χ3v) is 11.7. The Labute approximate surface area is 360 Å². The van der Waals surface area contributed by atoms with Crippen molar-refractivity contribution in [2.24, 2.45) is 0 Å². The molecule has 60 heavy (non-hydrogen) atoms. The summed E-state index contributed by atoms with van der Waals surface area (Å²) < 4.78 is 6.48. The highest BCUT2D eigenvalue weighted by Crippen LogP contribution is 2.36. The number of rotatable bonds is 22. The van der Waals surface area contributed by atoms with Crippen LogP contribution in [0.3, 0.4) is 0 Å². The Kier molecular flexibility index (Phi) is 16.2. The standard InChI is InChI=1S/C48H48N8O2S2/c57-48(40-18-20-46(21-19-40)59-60-47-17-5-10-26-53-47)54-27-11-12-28-58-45-30-38(32-55(34-41-13-1-6-22-49-41)35-42-14-2-7-23-50-42)29-39(31-45)33-56(36-43-15-3-8-24-51-43)37-44-16-4-9-25-52-44/h1-10,13-26,29-31H,11-12,27-28,32-37H2,(H,54,57). The second-order valence-electron chi connectivity index (χ2n) is 14.2. The Bertz CT molecular complexity index is 2120. The average Bonchev–Trinajstić information content (AvgIpc) is 3.28. The molecule has 0 radical (unpaired) electrons. The van der Waals surface area contributed by atoms with Gasteiger partial charge in [-0.25, -0.2) is 4.98 Å². The van der Waals surface area contributed by atoms with Crippen molar-refractivity contribution in [2.45, 2.75) is 62.0 Å². The van der Waals surface area contributed by atoms with Crippen molar-refractivity contribution < 1.29 is 9.53 Å². The number of ether oxygens (including phenoxy) is 1. The highest BCUT2D eigenvalue weighted by Gasteiger charge is 2.15. The van der Waals surface area contributed by atoms with E-state index >= 15 is 0 Å². The number of unbranched alkanes of at least 4 members (excludes halogenated alkanes) is 1. The van der Waals surface area contributed by atoms with Gasteiger partial charge in [-0.2, -0.15) is 0 Å². The first-order chi connectivity index (χ1) is 29.6.